The number of carbonyl (C=O) groups excluding carboxylic acids is 1. The summed E-state index contributed by atoms with van der Waals surface area (Å²) in [6.07, 6.45) is 0.597. The molecule has 3 nitrogen and oxygen atoms in total. The number of hydrogen-bond donors (Lipinski definition) is 1. The molecule has 0 aliphatic carbocycles. The maximum absolute atomic E-state index is 12.4. The number of carbonyl (C=O) groups is 1. The molecule has 0 bridgehead atoms. The van der Waals surface area contributed by atoms with Crippen LogP contribution in [0.1, 0.15) is 30.5 Å². The van der Waals surface area contributed by atoms with Crippen molar-refractivity contribution >= 4 is 17.7 Å². The number of aryl methyl sites for hydroxylation is 1. The van der Waals surface area contributed by atoms with Crippen LogP contribution in [0.4, 0.5) is 0 Å². The van der Waals surface area contributed by atoms with Gasteiger partial charge in [-0.05, 0) is 19.4 Å². The minimum Gasteiger partial charge on any atom is -0.339 e. The molecule has 1 heterocycles. The van der Waals surface area contributed by atoms with Gasteiger partial charge in [0.05, 0.1) is 6.04 Å². The van der Waals surface area contributed by atoms with Gasteiger partial charge in [0.2, 0.25) is 5.91 Å². The Balaban J connectivity index is 1.93. The first kappa shape index (κ1) is 15.4. The van der Waals surface area contributed by atoms with Gasteiger partial charge >= 0.3 is 0 Å². The third-order valence-electron chi connectivity index (χ3n) is 3.95. The molecular formula is C16H24N2OS. The van der Waals surface area contributed by atoms with Gasteiger partial charge in [0.1, 0.15) is 0 Å². The van der Waals surface area contributed by atoms with Crippen molar-refractivity contribution in [1.29, 1.82) is 0 Å². The van der Waals surface area contributed by atoms with Gasteiger partial charge in [-0.1, -0.05) is 29.8 Å². The maximum Gasteiger partial charge on any atom is 0.224 e. The summed E-state index contributed by atoms with van der Waals surface area (Å²) < 4.78 is 0. The third kappa shape index (κ3) is 4.00. The van der Waals surface area contributed by atoms with E-state index in [1.807, 2.05) is 23.7 Å². The highest BCUT2D eigenvalue weighted by molar-refractivity contribution is 7.99. The second-order valence-electron chi connectivity index (χ2n) is 5.52. The van der Waals surface area contributed by atoms with Crippen molar-refractivity contribution in [2.75, 3.05) is 25.1 Å². The number of nitrogens with zero attached hydrogens (tertiary/aromatic N) is 1. The van der Waals surface area contributed by atoms with Gasteiger partial charge in [0.15, 0.2) is 0 Å². The predicted octanol–water partition coefficient (Wildman–Crippen LogP) is 2.61. The topological polar surface area (TPSA) is 32.3 Å². The largest absolute Gasteiger partial charge is 0.339 e. The number of nitrogens with one attached hydrogen (secondary N) is 1. The van der Waals surface area contributed by atoms with Crippen molar-refractivity contribution in [2.45, 2.75) is 32.4 Å². The Kier molecular flexibility index (Phi) is 5.49. The Labute approximate surface area is 126 Å². The molecule has 1 N–H and O–H groups in total. The van der Waals surface area contributed by atoms with Gasteiger partial charge in [-0.3, -0.25) is 4.79 Å². The van der Waals surface area contributed by atoms with Gasteiger partial charge in [0, 0.05) is 37.6 Å². The fraction of sp³-hybridized carbons (Fsp3) is 0.562. The van der Waals surface area contributed by atoms with Crippen molar-refractivity contribution in [3.8, 4) is 0 Å². The number of benzene rings is 1. The van der Waals surface area contributed by atoms with Crippen LogP contribution in [0.5, 0.6) is 0 Å². The van der Waals surface area contributed by atoms with Crippen LogP contribution in [-0.4, -0.2) is 41.9 Å². The van der Waals surface area contributed by atoms with Crippen molar-refractivity contribution < 1.29 is 4.79 Å². The highest BCUT2D eigenvalue weighted by atomic mass is 32.2. The van der Waals surface area contributed by atoms with E-state index in [0.717, 1.165) is 18.1 Å². The zero-order valence-electron chi connectivity index (χ0n) is 12.6. The van der Waals surface area contributed by atoms with Crippen molar-refractivity contribution in [1.82, 2.24) is 10.2 Å². The monoisotopic (exact) mass is 292 g/mol. The minimum atomic E-state index is 0.124. The van der Waals surface area contributed by atoms with Crippen molar-refractivity contribution in [2.24, 2.45) is 0 Å². The van der Waals surface area contributed by atoms with Crippen molar-refractivity contribution in [3.63, 3.8) is 0 Å². The summed E-state index contributed by atoms with van der Waals surface area (Å²) in [7, 11) is 1.91. The maximum atomic E-state index is 12.4. The molecule has 1 saturated heterocycles. The zero-order chi connectivity index (χ0) is 14.5. The van der Waals surface area contributed by atoms with E-state index in [-0.39, 0.29) is 11.9 Å². The molecule has 0 aromatic heterocycles. The van der Waals surface area contributed by atoms with E-state index < -0.39 is 0 Å². The summed E-state index contributed by atoms with van der Waals surface area (Å²) >= 11 is 1.93. The van der Waals surface area contributed by atoms with Crippen LogP contribution in [-0.2, 0) is 4.79 Å². The number of rotatable bonds is 4. The molecular weight excluding hydrogens is 268 g/mol. The summed E-state index contributed by atoms with van der Waals surface area (Å²) in [6, 6.07) is 8.87. The fourth-order valence-corrected chi connectivity index (χ4v) is 3.34. The lowest BCUT2D eigenvalue weighted by molar-refractivity contribution is -0.132. The standard InChI is InChI=1S/C16H24N2OS/c1-12-4-6-14(7-5-12)13(2)18(3)16(19)10-15-11-20-9-8-17-15/h4-7,13,15,17H,8-11H2,1-3H3. The Morgan fingerprint density at radius 1 is 1.45 bits per heavy atom. The lowest BCUT2D eigenvalue weighted by atomic mass is 10.0. The van der Waals surface area contributed by atoms with E-state index in [9.17, 15) is 4.79 Å². The van der Waals surface area contributed by atoms with Gasteiger partial charge in [-0.2, -0.15) is 11.8 Å². The first-order chi connectivity index (χ1) is 9.58. The van der Waals surface area contributed by atoms with Gasteiger partial charge in [-0.15, -0.1) is 0 Å². The van der Waals surface area contributed by atoms with Gasteiger partial charge in [-0.25, -0.2) is 0 Å². The van der Waals surface area contributed by atoms with E-state index in [1.54, 1.807) is 0 Å². The fourth-order valence-electron chi connectivity index (χ4n) is 2.39. The molecule has 2 unspecified atom stereocenters. The molecule has 0 radical (unpaired) electrons. The van der Waals surface area contributed by atoms with Crippen LogP contribution in [0.3, 0.4) is 0 Å². The van der Waals surface area contributed by atoms with Gasteiger partial charge < -0.3 is 10.2 Å². The Bertz CT molecular complexity index is 440. The molecule has 2 rings (SSSR count). The summed E-state index contributed by atoms with van der Waals surface area (Å²) in [5.41, 5.74) is 2.44. The molecule has 1 aromatic carbocycles. The van der Waals surface area contributed by atoms with Crippen molar-refractivity contribution in [3.05, 3.63) is 35.4 Å². The lowest BCUT2D eigenvalue weighted by Crippen LogP contribution is -2.42. The van der Waals surface area contributed by atoms with Crippen LogP contribution < -0.4 is 5.32 Å². The van der Waals surface area contributed by atoms with E-state index in [0.29, 0.717) is 12.5 Å². The molecule has 2 atom stereocenters. The zero-order valence-corrected chi connectivity index (χ0v) is 13.4. The minimum absolute atomic E-state index is 0.124. The van der Waals surface area contributed by atoms with Crippen LogP contribution in [0.15, 0.2) is 24.3 Å². The second kappa shape index (κ2) is 7.14. The van der Waals surface area contributed by atoms with E-state index in [4.69, 9.17) is 0 Å². The van der Waals surface area contributed by atoms with Gasteiger partial charge in [0.25, 0.3) is 0 Å². The SMILES string of the molecule is Cc1ccc(C(C)N(C)C(=O)CC2CSCCN2)cc1. The van der Waals surface area contributed by atoms with E-state index in [2.05, 4.69) is 43.4 Å². The normalized spacial score (nSPS) is 20.4. The molecule has 1 aromatic rings. The number of thioether (sulfide) groups is 1. The Morgan fingerprint density at radius 2 is 2.15 bits per heavy atom. The smallest absolute Gasteiger partial charge is 0.224 e. The molecule has 1 fully saturated rings. The van der Waals surface area contributed by atoms with E-state index in [1.165, 1.54) is 11.1 Å². The molecule has 1 amide bonds. The molecule has 20 heavy (non-hydrogen) atoms. The molecule has 0 saturated carbocycles. The van der Waals surface area contributed by atoms with Crippen LogP contribution in [0.2, 0.25) is 0 Å². The first-order valence-electron chi connectivity index (χ1n) is 7.21. The highest BCUT2D eigenvalue weighted by Gasteiger charge is 2.22. The Hall–Kier alpha value is -1.00. The quantitative estimate of drug-likeness (QED) is 0.926. The first-order valence-corrected chi connectivity index (χ1v) is 8.36. The Morgan fingerprint density at radius 3 is 2.75 bits per heavy atom. The van der Waals surface area contributed by atoms with E-state index >= 15 is 0 Å². The number of amides is 1. The molecule has 1 aliphatic heterocycles. The van der Waals surface area contributed by atoms with Crippen LogP contribution in [0.25, 0.3) is 0 Å². The third-order valence-corrected chi connectivity index (χ3v) is 5.08. The molecule has 110 valence electrons. The summed E-state index contributed by atoms with van der Waals surface area (Å²) in [6.45, 7) is 5.18. The number of hydrogen-bond acceptors (Lipinski definition) is 3. The summed E-state index contributed by atoms with van der Waals surface area (Å²) in [5.74, 6) is 2.41. The predicted molar refractivity (Wildman–Crippen MR) is 86.1 cm³/mol. The summed E-state index contributed by atoms with van der Waals surface area (Å²) in [4.78, 5) is 14.2. The average Bonchev–Trinajstić information content (AvgIpc) is 2.47. The average molecular weight is 292 g/mol. The summed E-state index contributed by atoms with van der Waals surface area (Å²) in [5, 5.41) is 3.42. The van der Waals surface area contributed by atoms with Crippen LogP contribution in [0, 0.1) is 6.92 Å². The van der Waals surface area contributed by atoms with Crippen LogP contribution >= 0.6 is 11.8 Å². The highest BCUT2D eigenvalue weighted by Crippen LogP contribution is 2.21. The second-order valence-corrected chi connectivity index (χ2v) is 6.67. The lowest BCUT2D eigenvalue weighted by Gasteiger charge is -2.29. The molecule has 4 heteroatoms. The molecule has 1 aliphatic rings. The molecule has 0 spiro atoms.